The van der Waals surface area contributed by atoms with Crippen LogP contribution in [0.25, 0.3) is 21.5 Å². The summed E-state index contributed by atoms with van der Waals surface area (Å²) in [6.07, 6.45) is 0. The Morgan fingerprint density at radius 2 is 1.92 bits per heavy atom. The molecule has 0 aliphatic carbocycles. The molecule has 0 saturated carbocycles. The first kappa shape index (κ1) is 15.7. The number of carbonyl (C=O) groups is 1. The van der Waals surface area contributed by atoms with E-state index in [4.69, 9.17) is 4.74 Å². The van der Waals surface area contributed by atoms with Crippen molar-refractivity contribution in [2.24, 2.45) is 0 Å². The summed E-state index contributed by atoms with van der Waals surface area (Å²) < 4.78 is 10.1. The van der Waals surface area contributed by atoms with Gasteiger partial charge in [-0.15, -0.1) is 5.10 Å². The molecule has 6 nitrogen and oxygen atoms in total. The number of methoxy groups -OCH3 is 1. The predicted molar refractivity (Wildman–Crippen MR) is 99.5 cm³/mol. The van der Waals surface area contributed by atoms with Crippen molar-refractivity contribution >= 4 is 44.1 Å². The molecule has 1 N–H and O–H groups in total. The lowest BCUT2D eigenvalue weighted by molar-refractivity contribution is 0.103. The highest BCUT2D eigenvalue weighted by Crippen LogP contribution is 2.29. The number of ether oxygens (including phenoxy) is 1. The minimum absolute atomic E-state index is 0.264. The minimum atomic E-state index is -0.264. The van der Waals surface area contributed by atoms with Crippen molar-refractivity contribution < 1.29 is 9.53 Å². The molecular formula is C17H12N4O2S2. The zero-order valence-corrected chi connectivity index (χ0v) is 14.7. The molecule has 0 atom stereocenters. The number of hydrogen-bond donors (Lipinski definition) is 1. The van der Waals surface area contributed by atoms with Crippen molar-refractivity contribution in [1.29, 1.82) is 0 Å². The molecule has 2 heterocycles. The summed E-state index contributed by atoms with van der Waals surface area (Å²) >= 11 is 2.49. The number of thiazole rings is 1. The second-order valence-electron chi connectivity index (χ2n) is 5.12. The monoisotopic (exact) mass is 368 g/mol. The van der Waals surface area contributed by atoms with Gasteiger partial charge in [0.2, 0.25) is 0 Å². The SMILES string of the molecule is COc1ccc(-c2nnsc2C(=O)Nc2nc3ccccc3s2)cc1. The van der Waals surface area contributed by atoms with Gasteiger partial charge in [0.1, 0.15) is 16.3 Å². The summed E-state index contributed by atoms with van der Waals surface area (Å²) in [5, 5.41) is 7.49. The van der Waals surface area contributed by atoms with E-state index in [9.17, 15) is 4.79 Å². The Kier molecular flexibility index (Phi) is 4.12. The molecule has 0 fully saturated rings. The molecule has 0 unspecified atom stereocenters. The Balaban J connectivity index is 1.61. The Labute approximate surface area is 151 Å². The molecule has 0 bridgehead atoms. The molecule has 124 valence electrons. The minimum Gasteiger partial charge on any atom is -0.497 e. The van der Waals surface area contributed by atoms with Crippen LogP contribution in [0.15, 0.2) is 48.5 Å². The van der Waals surface area contributed by atoms with Gasteiger partial charge < -0.3 is 4.74 Å². The van der Waals surface area contributed by atoms with Gasteiger partial charge in [0, 0.05) is 5.56 Å². The molecule has 25 heavy (non-hydrogen) atoms. The second-order valence-corrected chi connectivity index (χ2v) is 6.90. The van der Waals surface area contributed by atoms with Gasteiger partial charge in [-0.2, -0.15) is 0 Å². The molecule has 1 amide bonds. The van der Waals surface area contributed by atoms with Gasteiger partial charge in [-0.1, -0.05) is 28.0 Å². The van der Waals surface area contributed by atoms with Crippen molar-refractivity contribution in [3.8, 4) is 17.0 Å². The third-order valence-electron chi connectivity index (χ3n) is 3.57. The van der Waals surface area contributed by atoms with Crippen molar-refractivity contribution in [3.63, 3.8) is 0 Å². The molecule has 0 spiro atoms. The fraction of sp³-hybridized carbons (Fsp3) is 0.0588. The van der Waals surface area contributed by atoms with Gasteiger partial charge in [-0.3, -0.25) is 10.1 Å². The normalized spacial score (nSPS) is 10.8. The van der Waals surface area contributed by atoms with E-state index in [0.29, 0.717) is 15.7 Å². The maximum absolute atomic E-state index is 12.6. The van der Waals surface area contributed by atoms with Crippen LogP contribution in [0.2, 0.25) is 0 Å². The maximum atomic E-state index is 12.6. The van der Waals surface area contributed by atoms with Crippen LogP contribution in [-0.2, 0) is 0 Å². The van der Waals surface area contributed by atoms with E-state index in [2.05, 4.69) is 19.9 Å². The Bertz CT molecular complexity index is 1010. The van der Waals surface area contributed by atoms with Gasteiger partial charge in [-0.05, 0) is 47.9 Å². The van der Waals surface area contributed by atoms with E-state index >= 15 is 0 Å². The van der Waals surface area contributed by atoms with Crippen LogP contribution < -0.4 is 10.1 Å². The maximum Gasteiger partial charge on any atom is 0.271 e. The lowest BCUT2D eigenvalue weighted by Gasteiger charge is -2.03. The third-order valence-corrected chi connectivity index (χ3v) is 5.25. The van der Waals surface area contributed by atoms with Crippen LogP contribution in [0.5, 0.6) is 5.75 Å². The fourth-order valence-electron chi connectivity index (χ4n) is 2.36. The first-order valence-electron chi connectivity index (χ1n) is 7.38. The second kappa shape index (κ2) is 6.58. The number of nitrogens with zero attached hydrogens (tertiary/aromatic N) is 3. The number of nitrogens with one attached hydrogen (secondary N) is 1. The number of rotatable bonds is 4. The zero-order chi connectivity index (χ0) is 17.2. The highest BCUT2D eigenvalue weighted by molar-refractivity contribution is 7.22. The topological polar surface area (TPSA) is 77.0 Å². The number of hydrogen-bond acceptors (Lipinski definition) is 7. The summed E-state index contributed by atoms with van der Waals surface area (Å²) in [5.74, 6) is 0.479. The van der Waals surface area contributed by atoms with Gasteiger partial charge in [0.25, 0.3) is 5.91 Å². The number of carbonyl (C=O) groups excluding carboxylic acids is 1. The molecule has 4 rings (SSSR count). The lowest BCUT2D eigenvalue weighted by Crippen LogP contribution is -2.11. The van der Waals surface area contributed by atoms with Gasteiger partial charge in [-0.25, -0.2) is 4.98 Å². The zero-order valence-electron chi connectivity index (χ0n) is 13.1. The molecule has 2 aromatic heterocycles. The van der Waals surface area contributed by atoms with E-state index in [1.165, 1.54) is 11.3 Å². The average molecular weight is 368 g/mol. The van der Waals surface area contributed by atoms with Gasteiger partial charge in [0.15, 0.2) is 5.13 Å². The number of amides is 1. The van der Waals surface area contributed by atoms with E-state index in [1.807, 2.05) is 48.5 Å². The highest BCUT2D eigenvalue weighted by Gasteiger charge is 2.19. The quantitative estimate of drug-likeness (QED) is 0.587. The van der Waals surface area contributed by atoms with Gasteiger partial charge >= 0.3 is 0 Å². The largest absolute Gasteiger partial charge is 0.497 e. The standard InChI is InChI=1S/C17H12N4O2S2/c1-23-11-8-6-10(7-9-11)14-15(25-21-20-14)16(22)19-17-18-12-4-2-3-5-13(12)24-17/h2-9H,1H3,(H,18,19,22). The van der Waals surface area contributed by atoms with Crippen LogP contribution in [0.3, 0.4) is 0 Å². The fourth-order valence-corrected chi connectivity index (χ4v) is 3.80. The molecule has 0 aliphatic heterocycles. The molecule has 4 aromatic rings. The van der Waals surface area contributed by atoms with Crippen LogP contribution in [0, 0.1) is 0 Å². The van der Waals surface area contributed by atoms with Gasteiger partial charge in [0.05, 0.1) is 17.3 Å². The molecule has 0 radical (unpaired) electrons. The summed E-state index contributed by atoms with van der Waals surface area (Å²) in [5.41, 5.74) is 2.22. The predicted octanol–water partition coefficient (Wildman–Crippen LogP) is 4.08. The Morgan fingerprint density at radius 1 is 1.12 bits per heavy atom. The van der Waals surface area contributed by atoms with E-state index < -0.39 is 0 Å². The van der Waals surface area contributed by atoms with Crippen LogP contribution >= 0.6 is 22.9 Å². The molecule has 0 saturated heterocycles. The number of fused-ring (bicyclic) bond motifs is 1. The Hall–Kier alpha value is -2.84. The number of anilines is 1. The molecule has 0 aliphatic rings. The average Bonchev–Trinajstić information content (AvgIpc) is 3.28. The lowest BCUT2D eigenvalue weighted by atomic mass is 10.1. The van der Waals surface area contributed by atoms with Crippen molar-refractivity contribution in [2.45, 2.75) is 0 Å². The number of benzene rings is 2. The van der Waals surface area contributed by atoms with Crippen LogP contribution in [0.1, 0.15) is 9.67 Å². The van der Waals surface area contributed by atoms with Crippen molar-refractivity contribution in [3.05, 3.63) is 53.4 Å². The third kappa shape index (κ3) is 3.09. The van der Waals surface area contributed by atoms with Crippen molar-refractivity contribution in [1.82, 2.24) is 14.6 Å². The summed E-state index contributed by atoms with van der Waals surface area (Å²) in [6, 6.07) is 15.1. The van der Waals surface area contributed by atoms with Crippen molar-refractivity contribution in [2.75, 3.05) is 12.4 Å². The van der Waals surface area contributed by atoms with E-state index in [1.54, 1.807) is 7.11 Å². The number of para-hydroxylation sites is 1. The van der Waals surface area contributed by atoms with Crippen LogP contribution in [-0.4, -0.2) is 27.6 Å². The number of aromatic nitrogens is 3. The molecule has 2 aromatic carbocycles. The van der Waals surface area contributed by atoms with Crippen LogP contribution in [0.4, 0.5) is 5.13 Å². The first-order valence-corrected chi connectivity index (χ1v) is 8.97. The Morgan fingerprint density at radius 3 is 2.68 bits per heavy atom. The smallest absolute Gasteiger partial charge is 0.271 e. The summed E-state index contributed by atoms with van der Waals surface area (Å²) in [6.45, 7) is 0. The first-order chi connectivity index (χ1) is 12.2. The van der Waals surface area contributed by atoms with E-state index in [0.717, 1.165) is 33.1 Å². The molecular weight excluding hydrogens is 356 g/mol. The highest BCUT2D eigenvalue weighted by atomic mass is 32.1. The summed E-state index contributed by atoms with van der Waals surface area (Å²) in [4.78, 5) is 17.5. The summed E-state index contributed by atoms with van der Waals surface area (Å²) in [7, 11) is 1.61. The van der Waals surface area contributed by atoms with E-state index in [-0.39, 0.29) is 5.91 Å². The molecule has 8 heteroatoms.